The van der Waals surface area contributed by atoms with Gasteiger partial charge in [-0.1, -0.05) is 0 Å². The monoisotopic (exact) mass is 204 g/mol. The Morgan fingerprint density at radius 3 is 2.07 bits per heavy atom. The van der Waals surface area contributed by atoms with Gasteiger partial charge in [0.15, 0.2) is 0 Å². The Hall–Kier alpha value is -1.85. The van der Waals surface area contributed by atoms with Gasteiger partial charge in [-0.05, 0) is 12.8 Å². The molecule has 6 nitrogen and oxygen atoms in total. The van der Waals surface area contributed by atoms with Crippen LogP contribution in [-0.2, 0) is 0 Å². The third-order valence-corrected chi connectivity index (χ3v) is 2.02. The number of hydrogen-bond donors (Lipinski definition) is 0. The summed E-state index contributed by atoms with van der Waals surface area (Å²) in [5, 5.41) is 0. The van der Waals surface area contributed by atoms with Crippen molar-refractivity contribution in [1.29, 1.82) is 0 Å². The topological polar surface area (TPSA) is 66.6 Å². The van der Waals surface area contributed by atoms with E-state index in [-0.39, 0.29) is 0 Å². The molecule has 0 saturated heterocycles. The molecule has 2 heterocycles. The fourth-order valence-corrected chi connectivity index (χ4v) is 1.15. The van der Waals surface area contributed by atoms with Crippen molar-refractivity contribution in [2.75, 3.05) is 6.67 Å². The molecule has 1 aliphatic heterocycles. The van der Waals surface area contributed by atoms with Crippen molar-refractivity contribution in [3.8, 4) is 0 Å². The van der Waals surface area contributed by atoms with Crippen LogP contribution >= 0.6 is 0 Å². The van der Waals surface area contributed by atoms with Crippen LogP contribution in [0, 0.1) is 0 Å². The van der Waals surface area contributed by atoms with E-state index in [0.717, 1.165) is 12.7 Å². The van der Waals surface area contributed by atoms with Gasteiger partial charge in [0.25, 0.3) is 0 Å². The van der Waals surface area contributed by atoms with Gasteiger partial charge < -0.3 is 4.90 Å². The Morgan fingerprint density at radius 2 is 1.67 bits per heavy atom. The first-order valence-electron chi connectivity index (χ1n) is 4.79. The van der Waals surface area contributed by atoms with Gasteiger partial charge in [-0.2, -0.15) is 0 Å². The molecular formula is C9H12N6. The maximum atomic E-state index is 4.02. The molecule has 2 aliphatic rings. The summed E-state index contributed by atoms with van der Waals surface area (Å²) in [6, 6.07) is 0.756. The van der Waals surface area contributed by atoms with Crippen LogP contribution in [0.25, 0.3) is 0 Å². The predicted octanol–water partition coefficient (Wildman–Crippen LogP) is 0.350. The zero-order chi connectivity index (χ0) is 10.3. The number of hydrogen-bond acceptors (Lipinski definition) is 6. The average Bonchev–Trinajstić information content (AvgIpc) is 3.17. The number of aromatic nitrogens is 3. The molecule has 0 amide bonds. The van der Waals surface area contributed by atoms with E-state index in [9.17, 15) is 0 Å². The maximum Gasteiger partial charge on any atom is 0.119 e. The van der Waals surface area contributed by atoms with Crippen molar-refractivity contribution in [1.82, 2.24) is 19.9 Å². The van der Waals surface area contributed by atoms with Crippen LogP contribution in [0.15, 0.2) is 29.0 Å². The van der Waals surface area contributed by atoms with Crippen LogP contribution in [0.2, 0.25) is 0 Å². The summed E-state index contributed by atoms with van der Waals surface area (Å²) in [6.45, 7) is 0.814. The standard InChI is InChI=1S/C6H9N3.C3H3N3/c1-2-6(1)9-4-7-3-8-5-9;1-4-2-6-3-5-1/h3-4,6H,1-2,5H2;1-3H. The molecule has 0 unspecified atom stereocenters. The fraction of sp³-hybridized carbons (Fsp3) is 0.444. The Morgan fingerprint density at radius 1 is 1.00 bits per heavy atom. The lowest BCUT2D eigenvalue weighted by Crippen LogP contribution is -2.26. The number of nitrogens with zero attached hydrogens (tertiary/aromatic N) is 6. The minimum atomic E-state index is 0.756. The molecule has 1 aromatic rings. The van der Waals surface area contributed by atoms with Gasteiger partial charge in [0.1, 0.15) is 32.0 Å². The molecule has 1 aliphatic carbocycles. The van der Waals surface area contributed by atoms with Gasteiger partial charge in [-0.15, -0.1) is 0 Å². The molecule has 1 fully saturated rings. The fourth-order valence-electron chi connectivity index (χ4n) is 1.15. The highest BCUT2D eigenvalue weighted by molar-refractivity contribution is 5.73. The molecule has 1 saturated carbocycles. The molecule has 3 rings (SSSR count). The van der Waals surface area contributed by atoms with Gasteiger partial charge in [0.2, 0.25) is 0 Å². The van der Waals surface area contributed by atoms with Crippen molar-refractivity contribution >= 4 is 12.7 Å². The lowest BCUT2D eigenvalue weighted by atomic mass is 10.6. The summed E-state index contributed by atoms with van der Waals surface area (Å²) >= 11 is 0. The summed E-state index contributed by atoms with van der Waals surface area (Å²) in [6.07, 6.45) is 10.4. The normalized spacial score (nSPS) is 18.3. The van der Waals surface area contributed by atoms with Gasteiger partial charge in [0, 0.05) is 6.04 Å². The summed E-state index contributed by atoms with van der Waals surface area (Å²) in [4.78, 5) is 20.8. The molecule has 15 heavy (non-hydrogen) atoms. The van der Waals surface area contributed by atoms with Crippen LogP contribution in [0.4, 0.5) is 0 Å². The first kappa shape index (κ1) is 9.70. The van der Waals surface area contributed by atoms with Gasteiger partial charge in [-0.3, -0.25) is 4.99 Å². The van der Waals surface area contributed by atoms with Crippen LogP contribution in [0.3, 0.4) is 0 Å². The molecule has 0 spiro atoms. The van der Waals surface area contributed by atoms with Crippen LogP contribution in [-0.4, -0.2) is 45.2 Å². The maximum absolute atomic E-state index is 4.02. The van der Waals surface area contributed by atoms with E-state index in [0.29, 0.717) is 0 Å². The van der Waals surface area contributed by atoms with Crippen molar-refractivity contribution < 1.29 is 0 Å². The van der Waals surface area contributed by atoms with Crippen molar-refractivity contribution in [2.24, 2.45) is 9.98 Å². The van der Waals surface area contributed by atoms with E-state index in [1.165, 1.54) is 31.8 Å². The van der Waals surface area contributed by atoms with E-state index in [1.54, 1.807) is 6.34 Å². The third kappa shape index (κ3) is 3.41. The second kappa shape index (κ2) is 5.14. The highest BCUT2D eigenvalue weighted by atomic mass is 15.3. The van der Waals surface area contributed by atoms with Gasteiger partial charge in [-0.25, -0.2) is 19.9 Å². The number of rotatable bonds is 1. The SMILES string of the molecule is C1=NC=NCN1C1CC1.c1ncncn1. The van der Waals surface area contributed by atoms with Crippen LogP contribution in [0.1, 0.15) is 12.8 Å². The Bertz CT molecular complexity index is 305. The first-order chi connectivity index (χ1) is 7.47. The van der Waals surface area contributed by atoms with Crippen LogP contribution < -0.4 is 0 Å². The van der Waals surface area contributed by atoms with Crippen LogP contribution in [0.5, 0.6) is 0 Å². The Labute approximate surface area is 87.8 Å². The summed E-state index contributed by atoms with van der Waals surface area (Å²) in [7, 11) is 0. The molecule has 6 heteroatoms. The summed E-state index contributed by atoms with van der Waals surface area (Å²) in [5.74, 6) is 0. The number of aliphatic imine (C=N–C) groups is 2. The molecule has 0 N–H and O–H groups in total. The van der Waals surface area contributed by atoms with E-state index < -0.39 is 0 Å². The van der Waals surface area contributed by atoms with Gasteiger partial charge >= 0.3 is 0 Å². The van der Waals surface area contributed by atoms with E-state index in [4.69, 9.17) is 0 Å². The lowest BCUT2D eigenvalue weighted by molar-refractivity contribution is 0.432. The van der Waals surface area contributed by atoms with E-state index >= 15 is 0 Å². The zero-order valence-electron chi connectivity index (χ0n) is 8.27. The summed E-state index contributed by atoms with van der Waals surface area (Å²) in [5.41, 5.74) is 0. The predicted molar refractivity (Wildman–Crippen MR) is 56.5 cm³/mol. The summed E-state index contributed by atoms with van der Waals surface area (Å²) < 4.78 is 0. The van der Waals surface area contributed by atoms with Crippen molar-refractivity contribution in [3.05, 3.63) is 19.0 Å². The largest absolute Gasteiger partial charge is 0.340 e. The van der Waals surface area contributed by atoms with E-state index in [2.05, 4.69) is 29.8 Å². The molecule has 0 bridgehead atoms. The molecular weight excluding hydrogens is 192 g/mol. The highest BCUT2D eigenvalue weighted by Crippen LogP contribution is 2.25. The minimum Gasteiger partial charge on any atom is -0.340 e. The molecule has 0 atom stereocenters. The third-order valence-electron chi connectivity index (χ3n) is 2.02. The van der Waals surface area contributed by atoms with E-state index in [1.807, 2.05) is 6.34 Å². The quantitative estimate of drug-likeness (QED) is 0.662. The van der Waals surface area contributed by atoms with Gasteiger partial charge in [0.05, 0.1) is 6.34 Å². The highest BCUT2D eigenvalue weighted by Gasteiger charge is 2.27. The molecule has 78 valence electrons. The second-order valence-electron chi connectivity index (χ2n) is 3.24. The lowest BCUT2D eigenvalue weighted by Gasteiger charge is -2.16. The molecule has 1 aromatic heterocycles. The van der Waals surface area contributed by atoms with Crippen molar-refractivity contribution in [2.45, 2.75) is 18.9 Å². The minimum absolute atomic E-state index is 0.756. The zero-order valence-corrected chi connectivity index (χ0v) is 8.27. The smallest absolute Gasteiger partial charge is 0.119 e. The van der Waals surface area contributed by atoms with Crippen molar-refractivity contribution in [3.63, 3.8) is 0 Å². The average molecular weight is 204 g/mol. The first-order valence-corrected chi connectivity index (χ1v) is 4.79. The Kier molecular flexibility index (Phi) is 3.32. The molecule has 0 radical (unpaired) electrons. The molecule has 0 aromatic carbocycles. The Balaban J connectivity index is 0.000000124. The second-order valence-corrected chi connectivity index (χ2v) is 3.24.